The van der Waals surface area contributed by atoms with Crippen LogP contribution in [0.5, 0.6) is 17.2 Å². The van der Waals surface area contributed by atoms with E-state index in [-0.39, 0.29) is 37.9 Å². The number of amides is 1. The summed E-state index contributed by atoms with van der Waals surface area (Å²) in [6, 6.07) is 6.12. The number of unbranched alkanes of at least 4 members (excludes halogenated alkanes) is 1. The number of carbonyl (C=O) groups is 2. The zero-order chi connectivity index (χ0) is 21.8. The maximum absolute atomic E-state index is 12.4. The summed E-state index contributed by atoms with van der Waals surface area (Å²) < 4.78 is 30.4. The molecule has 3 N–H and O–H groups in total. The fourth-order valence-electron chi connectivity index (χ4n) is 2.28. The third kappa shape index (κ3) is 5.75. The molecule has 1 amide bonds. The molecule has 2 aromatic carbocycles. The molecule has 156 valence electrons. The maximum atomic E-state index is 12.4. The van der Waals surface area contributed by atoms with Gasteiger partial charge in [0, 0.05) is 11.8 Å². The Morgan fingerprint density at radius 1 is 1.14 bits per heavy atom. The second-order valence-electron chi connectivity index (χ2n) is 5.93. The molecular weight excluding hydrogens is 445 g/mol. The molecule has 0 atom stereocenters. The molecule has 2 rings (SSSR count). The van der Waals surface area contributed by atoms with Crippen LogP contribution in [0, 0.1) is 0 Å². The minimum atomic E-state index is -3.72. The van der Waals surface area contributed by atoms with Gasteiger partial charge >= 0.3 is 11.9 Å². The predicted molar refractivity (Wildman–Crippen MR) is 108 cm³/mol. The summed E-state index contributed by atoms with van der Waals surface area (Å²) >= 11 is 12.2. The Morgan fingerprint density at radius 3 is 2.31 bits per heavy atom. The normalized spacial score (nSPS) is 11.1. The smallest absolute Gasteiger partial charge is 0.394 e. The number of nitrogens with one attached hydrogen (secondary N) is 1. The van der Waals surface area contributed by atoms with E-state index in [1.807, 2.05) is 6.92 Å². The molecule has 8 nitrogen and oxygen atoms in total. The number of sulfone groups is 1. The molecular formula is C18H17Cl2NO7S. The fraction of sp³-hybridized carbons (Fsp3) is 0.222. The molecule has 2 aromatic rings. The third-order valence-corrected chi connectivity index (χ3v) is 6.09. The van der Waals surface area contributed by atoms with E-state index in [0.717, 1.165) is 6.07 Å². The average Bonchev–Trinajstić information content (AvgIpc) is 2.64. The molecule has 0 radical (unpaired) electrons. The van der Waals surface area contributed by atoms with Gasteiger partial charge in [0.2, 0.25) is 0 Å². The van der Waals surface area contributed by atoms with Crippen molar-refractivity contribution in [2.45, 2.75) is 24.7 Å². The fourth-order valence-corrected chi connectivity index (χ4v) is 4.42. The van der Waals surface area contributed by atoms with Crippen LogP contribution < -0.4 is 10.1 Å². The lowest BCUT2D eigenvalue weighted by Crippen LogP contribution is -2.21. The van der Waals surface area contributed by atoms with Crippen LogP contribution in [-0.4, -0.2) is 36.3 Å². The molecule has 0 saturated carbocycles. The van der Waals surface area contributed by atoms with E-state index >= 15 is 0 Å². The molecule has 0 fully saturated rings. The van der Waals surface area contributed by atoms with Crippen LogP contribution >= 0.6 is 23.2 Å². The Kier molecular flexibility index (Phi) is 7.34. The number of aromatic hydroxyl groups is 1. The van der Waals surface area contributed by atoms with Gasteiger partial charge in [-0.15, -0.1) is 0 Å². The number of benzene rings is 2. The average molecular weight is 462 g/mol. The van der Waals surface area contributed by atoms with E-state index in [1.165, 1.54) is 24.3 Å². The van der Waals surface area contributed by atoms with E-state index in [0.29, 0.717) is 12.8 Å². The highest BCUT2D eigenvalue weighted by molar-refractivity contribution is 7.91. The standard InChI is InChI=1S/C18H17Cl2NO7S/c1-2-3-6-29(26,27)15-9-11(4-5-14(15)22)28-16-12(19)7-10(8-13(16)20)21-17(23)18(24)25/h4-5,7-9,22H,2-3,6H2,1H3,(H,21,23)(H,24,25). The number of phenolic OH excluding ortho intramolecular Hbond substituents is 1. The summed E-state index contributed by atoms with van der Waals surface area (Å²) in [5, 5.41) is 20.5. The molecule has 29 heavy (non-hydrogen) atoms. The second kappa shape index (κ2) is 9.34. The topological polar surface area (TPSA) is 130 Å². The molecule has 0 bridgehead atoms. The molecule has 0 aliphatic rings. The Morgan fingerprint density at radius 2 is 1.76 bits per heavy atom. The summed E-state index contributed by atoms with van der Waals surface area (Å²) in [5.74, 6) is -3.46. The lowest BCUT2D eigenvalue weighted by molar-refractivity contribution is -0.147. The molecule has 0 heterocycles. The molecule has 0 aromatic heterocycles. The van der Waals surface area contributed by atoms with Crippen molar-refractivity contribution in [3.05, 3.63) is 40.4 Å². The Labute approximate surface area is 176 Å². The highest BCUT2D eigenvalue weighted by atomic mass is 35.5. The second-order valence-corrected chi connectivity index (χ2v) is 8.82. The van der Waals surface area contributed by atoms with Crippen LogP contribution in [0.2, 0.25) is 10.0 Å². The van der Waals surface area contributed by atoms with Gasteiger partial charge in [-0.1, -0.05) is 36.5 Å². The summed E-state index contributed by atoms with van der Waals surface area (Å²) in [5.41, 5.74) is 0.0355. The summed E-state index contributed by atoms with van der Waals surface area (Å²) in [6.45, 7) is 1.85. The van der Waals surface area contributed by atoms with E-state index in [2.05, 4.69) is 5.32 Å². The highest BCUT2D eigenvalue weighted by Crippen LogP contribution is 2.40. The quantitative estimate of drug-likeness (QED) is 0.529. The van der Waals surface area contributed by atoms with Crippen molar-refractivity contribution >= 4 is 50.6 Å². The van der Waals surface area contributed by atoms with Gasteiger partial charge in [0.1, 0.15) is 16.4 Å². The first-order valence-corrected chi connectivity index (χ1v) is 10.7. The monoisotopic (exact) mass is 461 g/mol. The van der Waals surface area contributed by atoms with E-state index in [4.69, 9.17) is 33.0 Å². The Balaban J connectivity index is 2.34. The Hall–Kier alpha value is -2.49. The molecule has 0 unspecified atom stereocenters. The van der Waals surface area contributed by atoms with Crippen molar-refractivity contribution in [1.29, 1.82) is 0 Å². The van der Waals surface area contributed by atoms with Gasteiger partial charge in [-0.2, -0.15) is 0 Å². The number of hydrogen-bond donors (Lipinski definition) is 3. The van der Waals surface area contributed by atoms with Gasteiger partial charge in [-0.3, -0.25) is 4.79 Å². The lowest BCUT2D eigenvalue weighted by atomic mass is 10.2. The summed E-state index contributed by atoms with van der Waals surface area (Å²) in [4.78, 5) is 21.6. The number of hydrogen-bond acceptors (Lipinski definition) is 6. The zero-order valence-electron chi connectivity index (χ0n) is 15.1. The highest BCUT2D eigenvalue weighted by Gasteiger charge is 2.21. The van der Waals surface area contributed by atoms with Gasteiger partial charge in [-0.25, -0.2) is 13.2 Å². The van der Waals surface area contributed by atoms with Gasteiger partial charge in [-0.05, 0) is 30.7 Å². The van der Waals surface area contributed by atoms with Crippen molar-refractivity contribution in [3.63, 3.8) is 0 Å². The van der Waals surface area contributed by atoms with Gasteiger partial charge in [0.15, 0.2) is 15.6 Å². The minimum Gasteiger partial charge on any atom is -0.507 e. The van der Waals surface area contributed by atoms with Crippen molar-refractivity contribution in [3.8, 4) is 17.2 Å². The van der Waals surface area contributed by atoms with E-state index in [1.54, 1.807) is 0 Å². The van der Waals surface area contributed by atoms with Crippen molar-refractivity contribution in [2.75, 3.05) is 11.1 Å². The first-order chi connectivity index (χ1) is 13.5. The van der Waals surface area contributed by atoms with E-state index in [9.17, 15) is 23.1 Å². The van der Waals surface area contributed by atoms with Gasteiger partial charge < -0.3 is 20.3 Å². The maximum Gasteiger partial charge on any atom is 0.394 e. The number of ether oxygens (including phenoxy) is 1. The number of aliphatic carboxylic acids is 1. The summed E-state index contributed by atoms with van der Waals surface area (Å²) in [7, 11) is -3.72. The van der Waals surface area contributed by atoms with Gasteiger partial charge in [0.25, 0.3) is 0 Å². The number of phenols is 1. The van der Waals surface area contributed by atoms with Crippen molar-refractivity contribution in [1.82, 2.24) is 0 Å². The van der Waals surface area contributed by atoms with Gasteiger partial charge in [0.05, 0.1) is 15.8 Å². The first-order valence-electron chi connectivity index (χ1n) is 8.32. The SMILES string of the molecule is CCCCS(=O)(=O)c1cc(Oc2c(Cl)cc(NC(=O)C(=O)O)cc2Cl)ccc1O. The molecule has 11 heteroatoms. The van der Waals surface area contributed by atoms with Crippen LogP contribution in [-0.2, 0) is 19.4 Å². The number of halogens is 2. The number of carboxylic acid groups (broad SMARTS) is 1. The zero-order valence-corrected chi connectivity index (χ0v) is 17.4. The van der Waals surface area contributed by atoms with Crippen LogP contribution in [0.3, 0.4) is 0 Å². The molecule has 0 aliphatic heterocycles. The van der Waals surface area contributed by atoms with Crippen molar-refractivity contribution < 1.29 is 33.0 Å². The minimum absolute atomic E-state index is 0.0355. The first kappa shape index (κ1) is 22.8. The largest absolute Gasteiger partial charge is 0.507 e. The van der Waals surface area contributed by atoms with Crippen LogP contribution in [0.15, 0.2) is 35.2 Å². The van der Waals surface area contributed by atoms with Crippen LogP contribution in [0.4, 0.5) is 5.69 Å². The number of anilines is 1. The Bertz CT molecular complexity index is 1030. The number of carbonyl (C=O) groups excluding carboxylic acids is 1. The molecule has 0 saturated heterocycles. The molecule has 0 aliphatic carbocycles. The van der Waals surface area contributed by atoms with Crippen LogP contribution in [0.25, 0.3) is 0 Å². The predicted octanol–water partition coefficient (Wildman–Crippen LogP) is 4.09. The molecule has 0 spiro atoms. The van der Waals surface area contributed by atoms with E-state index < -0.39 is 27.5 Å². The lowest BCUT2D eigenvalue weighted by Gasteiger charge is -2.13. The van der Waals surface area contributed by atoms with Crippen molar-refractivity contribution in [2.24, 2.45) is 0 Å². The van der Waals surface area contributed by atoms with Crippen LogP contribution in [0.1, 0.15) is 19.8 Å². The third-order valence-electron chi connectivity index (χ3n) is 3.70. The number of rotatable bonds is 7. The summed E-state index contributed by atoms with van der Waals surface area (Å²) in [6.07, 6.45) is 1.11. The number of carboxylic acids is 1.